The average Bonchev–Trinajstić information content (AvgIpc) is 2.10. The van der Waals surface area contributed by atoms with Crippen LogP contribution in [0.25, 0.3) is 0 Å². The number of ether oxygens (including phenoxy) is 2. The van der Waals surface area contributed by atoms with Crippen LogP contribution in [0.3, 0.4) is 0 Å². The molecule has 0 bridgehead atoms. The quantitative estimate of drug-likeness (QED) is 0.694. The smallest absolute Gasteiger partial charge is 0.322 e. The lowest BCUT2D eigenvalue weighted by Gasteiger charge is -2.20. The molecule has 0 saturated carbocycles. The maximum atomic E-state index is 11.2. The number of nitrogens with one attached hydrogen (secondary N) is 1. The first kappa shape index (κ1) is 13.9. The molecule has 0 aliphatic rings. The lowest BCUT2D eigenvalue weighted by Crippen LogP contribution is -2.40. The van der Waals surface area contributed by atoms with Crippen molar-refractivity contribution in [3.05, 3.63) is 0 Å². The summed E-state index contributed by atoms with van der Waals surface area (Å²) in [4.78, 5) is 22.2. The predicted octanol–water partition coefficient (Wildman–Crippen LogP) is 0.479. The lowest BCUT2D eigenvalue weighted by molar-refractivity contribution is -0.154. The monoisotopic (exact) mass is 217 g/mol. The van der Waals surface area contributed by atoms with E-state index in [0.29, 0.717) is 0 Å². The fourth-order valence-corrected chi connectivity index (χ4v) is 0.874. The van der Waals surface area contributed by atoms with Gasteiger partial charge in [-0.15, -0.1) is 0 Å². The molecule has 15 heavy (non-hydrogen) atoms. The molecule has 0 spiro atoms. The zero-order chi connectivity index (χ0) is 12.1. The molecule has 0 amide bonds. The van der Waals surface area contributed by atoms with Gasteiger partial charge in [0.1, 0.15) is 11.6 Å². The third-order valence-electron chi connectivity index (χ3n) is 1.53. The van der Waals surface area contributed by atoms with Gasteiger partial charge in [0, 0.05) is 0 Å². The number of esters is 2. The number of rotatable bonds is 4. The van der Waals surface area contributed by atoms with E-state index in [0.717, 1.165) is 0 Å². The van der Waals surface area contributed by atoms with Crippen LogP contribution >= 0.6 is 0 Å². The van der Waals surface area contributed by atoms with E-state index in [9.17, 15) is 9.59 Å². The van der Waals surface area contributed by atoms with Crippen LogP contribution in [0.4, 0.5) is 0 Å². The van der Waals surface area contributed by atoms with Crippen molar-refractivity contribution in [2.75, 3.05) is 13.7 Å². The van der Waals surface area contributed by atoms with E-state index in [1.165, 1.54) is 7.11 Å². The number of methoxy groups -OCH3 is 1. The first-order valence-corrected chi connectivity index (χ1v) is 4.79. The maximum absolute atomic E-state index is 11.2. The van der Waals surface area contributed by atoms with Gasteiger partial charge in [-0.2, -0.15) is 0 Å². The Morgan fingerprint density at radius 1 is 1.33 bits per heavy atom. The van der Waals surface area contributed by atoms with E-state index in [2.05, 4.69) is 10.1 Å². The number of hydrogen-bond donors (Lipinski definition) is 1. The Morgan fingerprint density at radius 3 is 2.27 bits per heavy atom. The fourth-order valence-electron chi connectivity index (χ4n) is 0.874. The van der Waals surface area contributed by atoms with Gasteiger partial charge in [-0.3, -0.25) is 14.9 Å². The Balaban J connectivity index is 3.86. The largest absolute Gasteiger partial charge is 0.468 e. The minimum absolute atomic E-state index is 0.00641. The second kappa shape index (κ2) is 5.70. The molecule has 0 aliphatic heterocycles. The van der Waals surface area contributed by atoms with E-state index in [1.54, 1.807) is 27.7 Å². The summed E-state index contributed by atoms with van der Waals surface area (Å²) in [5.74, 6) is -0.795. The third kappa shape index (κ3) is 6.90. The molecule has 0 aromatic rings. The maximum Gasteiger partial charge on any atom is 0.322 e. The standard InChI is InChI=1S/C10H19NO4/c1-7(9(13)14-5)11-6-8(12)15-10(2,3)4/h7,11H,6H2,1-5H3/t7-/m0/s1. The van der Waals surface area contributed by atoms with Gasteiger partial charge in [0.05, 0.1) is 13.7 Å². The SMILES string of the molecule is COC(=O)[C@H](C)NCC(=O)OC(C)(C)C. The minimum atomic E-state index is -0.512. The molecular formula is C10H19NO4. The summed E-state index contributed by atoms with van der Waals surface area (Å²) in [5.41, 5.74) is -0.507. The van der Waals surface area contributed by atoms with Gasteiger partial charge in [0.15, 0.2) is 0 Å². The zero-order valence-electron chi connectivity index (χ0n) is 9.92. The van der Waals surface area contributed by atoms with Gasteiger partial charge in [-0.25, -0.2) is 0 Å². The van der Waals surface area contributed by atoms with Crippen LogP contribution in [-0.2, 0) is 19.1 Å². The highest BCUT2D eigenvalue weighted by Gasteiger charge is 2.18. The number of hydrogen-bond acceptors (Lipinski definition) is 5. The molecule has 0 rings (SSSR count). The van der Waals surface area contributed by atoms with E-state index in [-0.39, 0.29) is 6.54 Å². The first-order chi connectivity index (χ1) is 6.76. The van der Waals surface area contributed by atoms with Gasteiger partial charge in [-0.05, 0) is 27.7 Å². The van der Waals surface area contributed by atoms with Gasteiger partial charge in [-0.1, -0.05) is 0 Å². The van der Waals surface area contributed by atoms with Crippen molar-refractivity contribution in [2.24, 2.45) is 0 Å². The molecule has 1 N–H and O–H groups in total. The third-order valence-corrected chi connectivity index (χ3v) is 1.53. The van der Waals surface area contributed by atoms with Crippen LogP contribution in [0.15, 0.2) is 0 Å². The molecular weight excluding hydrogens is 198 g/mol. The number of carbonyl (C=O) groups excluding carboxylic acids is 2. The average molecular weight is 217 g/mol. The van der Waals surface area contributed by atoms with Crippen LogP contribution in [0, 0.1) is 0 Å². The molecule has 0 aromatic heterocycles. The Kier molecular flexibility index (Phi) is 5.28. The van der Waals surface area contributed by atoms with Crippen molar-refractivity contribution in [3.8, 4) is 0 Å². The predicted molar refractivity (Wildman–Crippen MR) is 55.3 cm³/mol. The Bertz CT molecular complexity index is 232. The minimum Gasteiger partial charge on any atom is -0.468 e. The molecule has 88 valence electrons. The topological polar surface area (TPSA) is 64.6 Å². The summed E-state index contributed by atoms with van der Waals surface area (Å²) in [6.45, 7) is 6.97. The van der Waals surface area contributed by atoms with Crippen LogP contribution < -0.4 is 5.32 Å². The highest BCUT2D eigenvalue weighted by atomic mass is 16.6. The van der Waals surface area contributed by atoms with E-state index in [4.69, 9.17) is 4.74 Å². The highest BCUT2D eigenvalue weighted by Crippen LogP contribution is 2.06. The van der Waals surface area contributed by atoms with Gasteiger partial charge in [0.2, 0.25) is 0 Å². The summed E-state index contributed by atoms with van der Waals surface area (Å²) >= 11 is 0. The summed E-state index contributed by atoms with van der Waals surface area (Å²) in [7, 11) is 1.30. The molecule has 0 aliphatic carbocycles. The van der Waals surface area contributed by atoms with Crippen molar-refractivity contribution in [1.29, 1.82) is 0 Å². The summed E-state index contributed by atoms with van der Waals surface area (Å²) in [5, 5.41) is 2.71. The first-order valence-electron chi connectivity index (χ1n) is 4.79. The second-order valence-electron chi connectivity index (χ2n) is 4.21. The summed E-state index contributed by atoms with van der Waals surface area (Å²) in [6.07, 6.45) is 0. The fraction of sp³-hybridized carbons (Fsp3) is 0.800. The number of carbonyl (C=O) groups is 2. The summed E-state index contributed by atoms with van der Waals surface area (Å²) in [6, 6.07) is -0.512. The van der Waals surface area contributed by atoms with Crippen LogP contribution in [0.5, 0.6) is 0 Å². The molecule has 0 heterocycles. The molecule has 5 heteroatoms. The highest BCUT2D eigenvalue weighted by molar-refractivity contribution is 5.77. The Morgan fingerprint density at radius 2 is 1.87 bits per heavy atom. The molecule has 0 fully saturated rings. The normalized spacial score (nSPS) is 13.1. The van der Waals surface area contributed by atoms with Crippen LogP contribution in [-0.4, -0.2) is 37.2 Å². The molecule has 0 unspecified atom stereocenters. The van der Waals surface area contributed by atoms with Gasteiger partial charge in [0.25, 0.3) is 0 Å². The molecule has 0 radical (unpaired) electrons. The van der Waals surface area contributed by atoms with Crippen molar-refractivity contribution in [3.63, 3.8) is 0 Å². The van der Waals surface area contributed by atoms with E-state index >= 15 is 0 Å². The van der Waals surface area contributed by atoms with Gasteiger partial charge >= 0.3 is 11.9 Å². The van der Waals surface area contributed by atoms with Crippen molar-refractivity contribution < 1.29 is 19.1 Å². The van der Waals surface area contributed by atoms with E-state index < -0.39 is 23.6 Å². The second-order valence-corrected chi connectivity index (χ2v) is 4.21. The Labute approximate surface area is 90.1 Å². The zero-order valence-corrected chi connectivity index (χ0v) is 9.92. The molecule has 1 atom stereocenters. The molecule has 5 nitrogen and oxygen atoms in total. The summed E-state index contributed by atoms with van der Waals surface area (Å²) < 4.78 is 9.54. The van der Waals surface area contributed by atoms with Crippen molar-refractivity contribution in [1.82, 2.24) is 5.32 Å². The van der Waals surface area contributed by atoms with Crippen molar-refractivity contribution >= 4 is 11.9 Å². The Hall–Kier alpha value is -1.10. The van der Waals surface area contributed by atoms with Gasteiger partial charge < -0.3 is 9.47 Å². The van der Waals surface area contributed by atoms with Crippen LogP contribution in [0.1, 0.15) is 27.7 Å². The van der Waals surface area contributed by atoms with E-state index in [1.807, 2.05) is 0 Å². The van der Waals surface area contributed by atoms with Crippen molar-refractivity contribution in [2.45, 2.75) is 39.3 Å². The molecule has 0 aromatic carbocycles. The molecule has 0 saturated heterocycles. The van der Waals surface area contributed by atoms with Crippen LogP contribution in [0.2, 0.25) is 0 Å². The lowest BCUT2D eigenvalue weighted by atomic mass is 10.2.